The van der Waals surface area contributed by atoms with Crippen LogP contribution in [0.4, 0.5) is 0 Å². The van der Waals surface area contributed by atoms with Crippen LogP contribution in [0.25, 0.3) is 0 Å². The lowest BCUT2D eigenvalue weighted by atomic mass is 9.88. The minimum atomic E-state index is -0.506. The van der Waals surface area contributed by atoms with Crippen LogP contribution in [0.1, 0.15) is 13.8 Å². The second kappa shape index (κ2) is 4.07. The third kappa shape index (κ3) is 2.67. The quantitative estimate of drug-likeness (QED) is 0.613. The summed E-state index contributed by atoms with van der Waals surface area (Å²) < 4.78 is 0. The van der Waals surface area contributed by atoms with E-state index in [4.69, 9.17) is 11.5 Å². The molecule has 1 aliphatic rings. The van der Waals surface area contributed by atoms with Gasteiger partial charge in [0.15, 0.2) is 0 Å². The highest BCUT2D eigenvalue weighted by Gasteiger charge is 2.30. The second-order valence-electron chi connectivity index (χ2n) is 4.23. The molecular weight excluding hydrogens is 166 g/mol. The van der Waals surface area contributed by atoms with Gasteiger partial charge in [0.1, 0.15) is 0 Å². The second-order valence-corrected chi connectivity index (χ2v) is 4.23. The molecule has 1 atom stereocenters. The Hall–Kier alpha value is -0.610. The monoisotopic (exact) mass is 185 g/mol. The molecule has 0 aromatic rings. The number of nitrogens with zero attached hydrogens (tertiary/aromatic N) is 1. The molecule has 4 N–H and O–H groups in total. The molecule has 0 bridgehead atoms. The van der Waals surface area contributed by atoms with E-state index in [9.17, 15) is 4.79 Å². The molecule has 1 fully saturated rings. The zero-order chi connectivity index (χ0) is 10.0. The van der Waals surface area contributed by atoms with Crippen molar-refractivity contribution in [3.63, 3.8) is 0 Å². The fraction of sp³-hybridized carbons (Fsp3) is 0.889. The van der Waals surface area contributed by atoms with Gasteiger partial charge < -0.3 is 16.4 Å². The van der Waals surface area contributed by atoms with Crippen LogP contribution >= 0.6 is 0 Å². The fourth-order valence-electron chi connectivity index (χ4n) is 1.55. The SMILES string of the molecule is CC(C)C1CN(CC(N)C(N)=O)C1. The number of likely N-dealkylation sites (tertiary alicyclic amines) is 1. The van der Waals surface area contributed by atoms with Gasteiger partial charge in [0.05, 0.1) is 6.04 Å². The van der Waals surface area contributed by atoms with Crippen molar-refractivity contribution in [1.29, 1.82) is 0 Å². The maximum atomic E-state index is 10.7. The third-order valence-corrected chi connectivity index (χ3v) is 2.75. The highest BCUT2D eigenvalue weighted by atomic mass is 16.1. The molecule has 0 saturated carbocycles. The number of nitrogens with two attached hydrogens (primary N) is 2. The van der Waals surface area contributed by atoms with Gasteiger partial charge in [-0.25, -0.2) is 0 Å². The Morgan fingerprint density at radius 1 is 1.54 bits per heavy atom. The van der Waals surface area contributed by atoms with E-state index in [0.717, 1.165) is 24.9 Å². The van der Waals surface area contributed by atoms with Crippen molar-refractivity contribution in [2.75, 3.05) is 19.6 Å². The molecule has 0 spiro atoms. The fourth-order valence-corrected chi connectivity index (χ4v) is 1.55. The summed E-state index contributed by atoms with van der Waals surface area (Å²) in [5.74, 6) is 1.08. The van der Waals surface area contributed by atoms with E-state index in [1.165, 1.54) is 0 Å². The smallest absolute Gasteiger partial charge is 0.235 e. The maximum Gasteiger partial charge on any atom is 0.235 e. The van der Waals surface area contributed by atoms with Crippen LogP contribution in [-0.2, 0) is 4.79 Å². The highest BCUT2D eigenvalue weighted by Crippen LogP contribution is 2.22. The maximum absolute atomic E-state index is 10.7. The molecule has 76 valence electrons. The van der Waals surface area contributed by atoms with Gasteiger partial charge in [0.2, 0.25) is 5.91 Å². The van der Waals surface area contributed by atoms with Gasteiger partial charge in [-0.05, 0) is 11.8 Å². The first-order valence-corrected chi connectivity index (χ1v) is 4.78. The molecule has 0 aliphatic carbocycles. The first kappa shape index (κ1) is 10.5. The Balaban J connectivity index is 2.18. The van der Waals surface area contributed by atoms with Crippen molar-refractivity contribution in [3.05, 3.63) is 0 Å². The van der Waals surface area contributed by atoms with Crippen LogP contribution in [0.3, 0.4) is 0 Å². The first-order valence-electron chi connectivity index (χ1n) is 4.78. The standard InChI is InChI=1S/C9H19N3O/c1-6(2)7-3-12(4-7)5-8(10)9(11)13/h6-8H,3-5,10H2,1-2H3,(H2,11,13). The van der Waals surface area contributed by atoms with Crippen molar-refractivity contribution in [2.24, 2.45) is 23.3 Å². The van der Waals surface area contributed by atoms with Crippen LogP contribution in [-0.4, -0.2) is 36.5 Å². The molecular formula is C9H19N3O. The van der Waals surface area contributed by atoms with Gasteiger partial charge in [-0.1, -0.05) is 13.8 Å². The van der Waals surface area contributed by atoms with E-state index in [0.29, 0.717) is 6.54 Å². The van der Waals surface area contributed by atoms with Gasteiger partial charge in [-0.2, -0.15) is 0 Å². The molecule has 1 aliphatic heterocycles. The Kier molecular flexibility index (Phi) is 3.27. The normalized spacial score (nSPS) is 21.5. The zero-order valence-corrected chi connectivity index (χ0v) is 8.36. The summed E-state index contributed by atoms with van der Waals surface area (Å²) in [6.45, 7) is 7.15. The van der Waals surface area contributed by atoms with Gasteiger partial charge in [-0.3, -0.25) is 4.79 Å². The van der Waals surface area contributed by atoms with Crippen molar-refractivity contribution in [2.45, 2.75) is 19.9 Å². The van der Waals surface area contributed by atoms with E-state index in [2.05, 4.69) is 18.7 Å². The summed E-state index contributed by atoms with van der Waals surface area (Å²) >= 11 is 0. The van der Waals surface area contributed by atoms with Crippen LogP contribution < -0.4 is 11.5 Å². The summed E-state index contributed by atoms with van der Waals surface area (Å²) in [6.07, 6.45) is 0. The number of carbonyl (C=O) groups excluding carboxylic acids is 1. The minimum absolute atomic E-state index is 0.409. The highest BCUT2D eigenvalue weighted by molar-refractivity contribution is 5.79. The summed E-state index contributed by atoms with van der Waals surface area (Å²) in [7, 11) is 0. The molecule has 0 radical (unpaired) electrons. The Morgan fingerprint density at radius 3 is 2.46 bits per heavy atom. The van der Waals surface area contributed by atoms with Crippen molar-refractivity contribution >= 4 is 5.91 Å². The van der Waals surface area contributed by atoms with Crippen molar-refractivity contribution in [3.8, 4) is 0 Å². The molecule has 1 saturated heterocycles. The van der Waals surface area contributed by atoms with E-state index in [1.807, 2.05) is 0 Å². The number of carbonyl (C=O) groups is 1. The molecule has 1 heterocycles. The Labute approximate surface area is 79.3 Å². The summed E-state index contributed by atoms with van der Waals surface area (Å²) in [4.78, 5) is 12.8. The molecule has 4 nitrogen and oxygen atoms in total. The van der Waals surface area contributed by atoms with Crippen molar-refractivity contribution < 1.29 is 4.79 Å². The van der Waals surface area contributed by atoms with Gasteiger partial charge in [0.25, 0.3) is 0 Å². The summed E-state index contributed by atoms with van der Waals surface area (Å²) in [6, 6.07) is -0.506. The predicted octanol–water partition coefficient (Wildman–Crippen LogP) is -0.613. The van der Waals surface area contributed by atoms with E-state index in [-0.39, 0.29) is 0 Å². The summed E-state index contributed by atoms with van der Waals surface area (Å²) in [5, 5.41) is 0. The minimum Gasteiger partial charge on any atom is -0.368 e. The van der Waals surface area contributed by atoms with Crippen LogP contribution in [0, 0.1) is 11.8 Å². The molecule has 4 heteroatoms. The molecule has 0 aromatic heterocycles. The molecule has 1 amide bonds. The first-order chi connectivity index (χ1) is 6.00. The Morgan fingerprint density at radius 2 is 2.08 bits per heavy atom. The summed E-state index contributed by atoms with van der Waals surface area (Å²) in [5.41, 5.74) is 10.6. The molecule has 13 heavy (non-hydrogen) atoms. The molecule has 1 rings (SSSR count). The lowest BCUT2D eigenvalue weighted by Gasteiger charge is -2.42. The zero-order valence-electron chi connectivity index (χ0n) is 8.36. The van der Waals surface area contributed by atoms with Crippen LogP contribution in [0.5, 0.6) is 0 Å². The average molecular weight is 185 g/mol. The van der Waals surface area contributed by atoms with Crippen molar-refractivity contribution in [1.82, 2.24) is 4.90 Å². The molecule has 1 unspecified atom stereocenters. The topological polar surface area (TPSA) is 72.3 Å². The van der Waals surface area contributed by atoms with E-state index < -0.39 is 11.9 Å². The largest absolute Gasteiger partial charge is 0.368 e. The van der Waals surface area contributed by atoms with Gasteiger partial charge >= 0.3 is 0 Å². The lowest BCUT2D eigenvalue weighted by Crippen LogP contribution is -2.55. The van der Waals surface area contributed by atoms with Crippen LogP contribution in [0.15, 0.2) is 0 Å². The van der Waals surface area contributed by atoms with E-state index >= 15 is 0 Å². The number of rotatable bonds is 4. The molecule has 0 aromatic carbocycles. The number of hydrogen-bond acceptors (Lipinski definition) is 3. The number of hydrogen-bond donors (Lipinski definition) is 2. The third-order valence-electron chi connectivity index (χ3n) is 2.75. The number of primary amides is 1. The van der Waals surface area contributed by atoms with Gasteiger partial charge in [0, 0.05) is 19.6 Å². The van der Waals surface area contributed by atoms with Crippen LogP contribution in [0.2, 0.25) is 0 Å². The van der Waals surface area contributed by atoms with Gasteiger partial charge in [-0.15, -0.1) is 0 Å². The lowest BCUT2D eigenvalue weighted by molar-refractivity contribution is -0.120. The predicted molar refractivity (Wildman–Crippen MR) is 51.9 cm³/mol. The Bertz CT molecular complexity index is 187. The van der Waals surface area contributed by atoms with E-state index in [1.54, 1.807) is 0 Å². The average Bonchev–Trinajstić information content (AvgIpc) is 1.94. The number of amides is 1.